The van der Waals surface area contributed by atoms with Gasteiger partial charge in [-0.15, -0.1) is 11.3 Å². The van der Waals surface area contributed by atoms with Crippen LogP contribution in [0.15, 0.2) is 17.5 Å². The van der Waals surface area contributed by atoms with E-state index in [1.54, 1.807) is 11.3 Å². The summed E-state index contributed by atoms with van der Waals surface area (Å²) in [4.78, 5) is 28.0. The third kappa shape index (κ3) is 5.05. The average Bonchev–Trinajstić information content (AvgIpc) is 3.27. The fourth-order valence-electron chi connectivity index (χ4n) is 3.97. The summed E-state index contributed by atoms with van der Waals surface area (Å²) in [5, 5.41) is 5.10. The number of hydrogen-bond acceptors (Lipinski definition) is 4. The number of carbonyl (C=O) groups excluding carboxylic acids is 2. The Morgan fingerprint density at radius 2 is 2.04 bits per heavy atom. The first kappa shape index (κ1) is 18.4. The fraction of sp³-hybridized carbons (Fsp3) is 0.684. The molecule has 1 aliphatic heterocycles. The van der Waals surface area contributed by atoms with Crippen LogP contribution in [0, 0.1) is 11.8 Å². The zero-order chi connectivity index (χ0) is 17.6. The number of piperidine rings is 1. The molecule has 0 aromatic carbocycles. The maximum absolute atomic E-state index is 12.5. The largest absolute Gasteiger partial charge is 0.355 e. The fourth-order valence-corrected chi connectivity index (χ4v) is 4.68. The second kappa shape index (κ2) is 8.81. The van der Waals surface area contributed by atoms with Crippen molar-refractivity contribution < 1.29 is 9.59 Å². The van der Waals surface area contributed by atoms with Crippen LogP contribution in [0.25, 0.3) is 0 Å². The molecular weight excluding hydrogens is 334 g/mol. The number of hydrogen-bond donors (Lipinski definition) is 2. The normalized spacial score (nSPS) is 24.4. The highest BCUT2D eigenvalue weighted by Crippen LogP contribution is 2.28. The van der Waals surface area contributed by atoms with Crippen molar-refractivity contribution in [2.45, 2.75) is 51.0 Å². The van der Waals surface area contributed by atoms with E-state index in [4.69, 9.17) is 5.73 Å². The zero-order valence-electron chi connectivity index (χ0n) is 14.8. The Bertz CT molecular complexity index is 567. The van der Waals surface area contributed by atoms with Gasteiger partial charge in [0.25, 0.3) is 0 Å². The summed E-state index contributed by atoms with van der Waals surface area (Å²) in [6, 6.07) is 4.32. The van der Waals surface area contributed by atoms with Crippen LogP contribution in [0.5, 0.6) is 0 Å². The highest BCUT2D eigenvalue weighted by atomic mass is 32.1. The first-order chi connectivity index (χ1) is 12.1. The van der Waals surface area contributed by atoms with E-state index in [0.717, 1.165) is 38.5 Å². The molecule has 138 valence electrons. The van der Waals surface area contributed by atoms with Crippen molar-refractivity contribution in [2.24, 2.45) is 17.6 Å². The SMILES string of the molecule is N[C@@H]1CCC[C@H]1CC(=O)N1CCC(C(=O)NCCc2cccs2)CC1. The molecule has 2 amide bonds. The molecule has 3 N–H and O–H groups in total. The van der Waals surface area contributed by atoms with Gasteiger partial charge < -0.3 is 16.0 Å². The van der Waals surface area contributed by atoms with Crippen LogP contribution in [-0.4, -0.2) is 42.4 Å². The lowest BCUT2D eigenvalue weighted by Gasteiger charge is -2.32. The molecule has 5 nitrogen and oxygen atoms in total. The first-order valence-electron chi connectivity index (χ1n) is 9.47. The minimum Gasteiger partial charge on any atom is -0.355 e. The second-order valence-corrected chi connectivity index (χ2v) is 8.37. The van der Waals surface area contributed by atoms with E-state index >= 15 is 0 Å². The summed E-state index contributed by atoms with van der Waals surface area (Å²) in [6.07, 6.45) is 6.29. The Balaban J connectivity index is 1.36. The molecule has 1 aromatic rings. The van der Waals surface area contributed by atoms with Crippen molar-refractivity contribution >= 4 is 23.2 Å². The number of amides is 2. The van der Waals surface area contributed by atoms with Crippen molar-refractivity contribution in [2.75, 3.05) is 19.6 Å². The van der Waals surface area contributed by atoms with Crippen molar-refractivity contribution in [3.05, 3.63) is 22.4 Å². The lowest BCUT2D eigenvalue weighted by Crippen LogP contribution is -2.44. The van der Waals surface area contributed by atoms with E-state index in [1.165, 1.54) is 4.88 Å². The molecule has 2 aliphatic rings. The van der Waals surface area contributed by atoms with Crippen LogP contribution in [-0.2, 0) is 16.0 Å². The Morgan fingerprint density at radius 3 is 2.68 bits per heavy atom. The van der Waals surface area contributed by atoms with Crippen molar-refractivity contribution in [1.29, 1.82) is 0 Å². The number of thiophene rings is 1. The van der Waals surface area contributed by atoms with Gasteiger partial charge in [-0.05, 0) is 49.5 Å². The molecule has 1 aliphatic carbocycles. The van der Waals surface area contributed by atoms with Crippen LogP contribution >= 0.6 is 11.3 Å². The van der Waals surface area contributed by atoms with Gasteiger partial charge in [0.2, 0.25) is 11.8 Å². The van der Waals surface area contributed by atoms with Gasteiger partial charge in [0.05, 0.1) is 0 Å². The highest BCUT2D eigenvalue weighted by molar-refractivity contribution is 7.09. The summed E-state index contributed by atoms with van der Waals surface area (Å²) in [5.41, 5.74) is 6.08. The molecule has 3 rings (SSSR count). The van der Waals surface area contributed by atoms with Crippen molar-refractivity contribution in [3.63, 3.8) is 0 Å². The van der Waals surface area contributed by atoms with Crippen LogP contribution in [0.1, 0.15) is 43.4 Å². The van der Waals surface area contributed by atoms with Gasteiger partial charge in [-0.1, -0.05) is 12.5 Å². The first-order valence-corrected chi connectivity index (χ1v) is 10.3. The van der Waals surface area contributed by atoms with Crippen molar-refractivity contribution in [3.8, 4) is 0 Å². The number of nitrogens with one attached hydrogen (secondary N) is 1. The Morgan fingerprint density at radius 1 is 1.24 bits per heavy atom. The predicted octanol–water partition coefficient (Wildman–Crippen LogP) is 2.16. The third-order valence-electron chi connectivity index (χ3n) is 5.62. The third-order valence-corrected chi connectivity index (χ3v) is 6.56. The molecule has 6 heteroatoms. The summed E-state index contributed by atoms with van der Waals surface area (Å²) in [6.45, 7) is 2.09. The predicted molar refractivity (Wildman–Crippen MR) is 100 cm³/mol. The zero-order valence-corrected chi connectivity index (χ0v) is 15.6. The topological polar surface area (TPSA) is 75.4 Å². The van der Waals surface area contributed by atoms with Crippen LogP contribution < -0.4 is 11.1 Å². The molecule has 0 bridgehead atoms. The second-order valence-electron chi connectivity index (χ2n) is 7.33. The molecule has 25 heavy (non-hydrogen) atoms. The maximum atomic E-state index is 12.5. The van der Waals surface area contributed by atoms with Gasteiger partial charge in [0.15, 0.2) is 0 Å². The number of nitrogens with two attached hydrogens (primary N) is 1. The molecule has 1 aromatic heterocycles. The Labute approximate surface area is 154 Å². The molecule has 0 unspecified atom stereocenters. The van der Waals surface area contributed by atoms with E-state index < -0.39 is 0 Å². The Hall–Kier alpha value is -1.40. The van der Waals surface area contributed by atoms with E-state index in [-0.39, 0.29) is 23.8 Å². The van der Waals surface area contributed by atoms with E-state index in [2.05, 4.69) is 16.8 Å². The van der Waals surface area contributed by atoms with Gasteiger partial charge in [0.1, 0.15) is 0 Å². The monoisotopic (exact) mass is 363 g/mol. The minimum absolute atomic E-state index is 0.0427. The molecule has 2 heterocycles. The lowest BCUT2D eigenvalue weighted by atomic mass is 9.94. The highest BCUT2D eigenvalue weighted by Gasteiger charge is 2.31. The molecule has 1 saturated heterocycles. The van der Waals surface area contributed by atoms with E-state index in [0.29, 0.717) is 32.0 Å². The van der Waals surface area contributed by atoms with Gasteiger partial charge >= 0.3 is 0 Å². The van der Waals surface area contributed by atoms with Gasteiger partial charge in [-0.2, -0.15) is 0 Å². The van der Waals surface area contributed by atoms with Crippen LogP contribution in [0.3, 0.4) is 0 Å². The summed E-state index contributed by atoms with van der Waals surface area (Å²) < 4.78 is 0. The molecule has 1 saturated carbocycles. The Kier molecular flexibility index (Phi) is 6.48. The molecule has 2 fully saturated rings. The van der Waals surface area contributed by atoms with Crippen molar-refractivity contribution in [1.82, 2.24) is 10.2 Å². The number of nitrogens with zero attached hydrogens (tertiary/aromatic N) is 1. The number of rotatable bonds is 6. The average molecular weight is 364 g/mol. The van der Waals surface area contributed by atoms with Crippen LogP contribution in [0.4, 0.5) is 0 Å². The molecule has 0 spiro atoms. The number of carbonyl (C=O) groups is 2. The maximum Gasteiger partial charge on any atom is 0.223 e. The minimum atomic E-state index is 0.0427. The summed E-state index contributed by atoms with van der Waals surface area (Å²) in [7, 11) is 0. The standard InChI is InChI=1S/C19H29N3O2S/c20-17-5-1-3-15(17)13-18(23)22-10-7-14(8-11-22)19(24)21-9-6-16-4-2-12-25-16/h2,4,12,14-15,17H,1,3,5-11,13,20H2,(H,21,24)/t15-,17+/m0/s1. The van der Waals surface area contributed by atoms with Gasteiger partial charge in [-0.3, -0.25) is 9.59 Å². The van der Waals surface area contributed by atoms with Gasteiger partial charge in [-0.25, -0.2) is 0 Å². The molecule has 0 radical (unpaired) electrons. The van der Waals surface area contributed by atoms with Crippen LogP contribution in [0.2, 0.25) is 0 Å². The summed E-state index contributed by atoms with van der Waals surface area (Å²) in [5.74, 6) is 0.757. The van der Waals surface area contributed by atoms with E-state index in [9.17, 15) is 9.59 Å². The van der Waals surface area contributed by atoms with E-state index in [1.807, 2.05) is 11.0 Å². The molecular formula is C19H29N3O2S. The number of likely N-dealkylation sites (tertiary alicyclic amines) is 1. The quantitative estimate of drug-likeness (QED) is 0.813. The smallest absolute Gasteiger partial charge is 0.223 e. The molecule has 2 atom stereocenters. The summed E-state index contributed by atoms with van der Waals surface area (Å²) >= 11 is 1.72. The lowest BCUT2D eigenvalue weighted by molar-refractivity contribution is -0.136. The van der Waals surface area contributed by atoms with Gasteiger partial charge in [0, 0.05) is 42.9 Å².